The van der Waals surface area contributed by atoms with Crippen LogP contribution in [0.15, 0.2) is 41.4 Å². The lowest BCUT2D eigenvalue weighted by molar-refractivity contribution is -0.138. The van der Waals surface area contributed by atoms with Crippen LogP contribution in [0.3, 0.4) is 0 Å². The number of carboxylic acids is 1. The standard InChI is InChI=1S/C29H33ClF3N3O3/c30-23-14-20(16-27(37)38)15-24(19-23)39-13-8-28(36-9-2-1-3-10-36)6-11-35(12-7-28)26-18-21-17-22(29(31,32)33)4-5-25(21)34-26/h4-5,14-15,17,19H,1-3,6-13,16,18H2,(H,37,38). The molecular formula is C29H33ClF3N3O3. The van der Waals surface area contributed by atoms with Crippen LogP contribution in [0.25, 0.3) is 0 Å². The first-order valence-electron chi connectivity index (χ1n) is 13.5. The first-order valence-corrected chi connectivity index (χ1v) is 13.9. The number of carbonyl (C=O) groups is 1. The number of aliphatic imine (C=N–C) groups is 1. The van der Waals surface area contributed by atoms with E-state index in [1.807, 2.05) is 0 Å². The Morgan fingerprint density at radius 1 is 1.05 bits per heavy atom. The van der Waals surface area contributed by atoms with Crippen LogP contribution in [-0.4, -0.2) is 65.0 Å². The van der Waals surface area contributed by atoms with Crippen molar-refractivity contribution in [1.29, 1.82) is 0 Å². The zero-order valence-electron chi connectivity index (χ0n) is 21.8. The molecule has 0 aliphatic carbocycles. The fraction of sp³-hybridized carbons (Fsp3) is 0.517. The van der Waals surface area contributed by atoms with E-state index in [9.17, 15) is 18.0 Å². The van der Waals surface area contributed by atoms with E-state index in [2.05, 4.69) is 14.8 Å². The SMILES string of the molecule is O=C(O)Cc1cc(Cl)cc(OCCC2(N3CCCCC3)CCN(C3=Nc4ccc(C(F)(F)F)cc4C3)CC2)c1. The molecule has 5 rings (SSSR count). The number of hydrogen-bond donors (Lipinski definition) is 1. The minimum atomic E-state index is -4.36. The van der Waals surface area contributed by atoms with Crippen molar-refractivity contribution in [3.05, 3.63) is 58.1 Å². The second kappa shape index (κ2) is 11.4. The summed E-state index contributed by atoms with van der Waals surface area (Å²) in [6.07, 6.45) is 2.18. The largest absolute Gasteiger partial charge is 0.493 e. The molecule has 0 unspecified atom stereocenters. The van der Waals surface area contributed by atoms with Crippen molar-refractivity contribution < 1.29 is 27.8 Å². The molecule has 0 bridgehead atoms. The van der Waals surface area contributed by atoms with Gasteiger partial charge < -0.3 is 14.7 Å². The number of piperidine rings is 2. The first-order chi connectivity index (χ1) is 18.6. The van der Waals surface area contributed by atoms with Crippen LogP contribution in [0.2, 0.25) is 5.02 Å². The number of ether oxygens (including phenoxy) is 1. The molecule has 10 heteroatoms. The van der Waals surface area contributed by atoms with Gasteiger partial charge in [0.05, 0.1) is 24.3 Å². The molecule has 3 aliphatic rings. The monoisotopic (exact) mass is 563 g/mol. The van der Waals surface area contributed by atoms with Gasteiger partial charge in [-0.25, -0.2) is 4.99 Å². The summed E-state index contributed by atoms with van der Waals surface area (Å²) >= 11 is 6.20. The molecule has 210 valence electrons. The number of amidine groups is 1. The lowest BCUT2D eigenvalue weighted by atomic mass is 9.81. The zero-order valence-corrected chi connectivity index (χ0v) is 22.5. The number of benzene rings is 2. The van der Waals surface area contributed by atoms with Crippen LogP contribution in [-0.2, 0) is 23.8 Å². The third kappa shape index (κ3) is 6.52. The highest BCUT2D eigenvalue weighted by atomic mass is 35.5. The Morgan fingerprint density at radius 3 is 2.49 bits per heavy atom. The molecule has 0 atom stereocenters. The minimum Gasteiger partial charge on any atom is -0.493 e. The maximum Gasteiger partial charge on any atom is 0.416 e. The topological polar surface area (TPSA) is 65.4 Å². The average molecular weight is 564 g/mol. The van der Waals surface area contributed by atoms with Gasteiger partial charge in [-0.1, -0.05) is 18.0 Å². The van der Waals surface area contributed by atoms with Gasteiger partial charge in [-0.2, -0.15) is 13.2 Å². The van der Waals surface area contributed by atoms with Crippen molar-refractivity contribution in [3.63, 3.8) is 0 Å². The van der Waals surface area contributed by atoms with Gasteiger partial charge in [0.25, 0.3) is 0 Å². The molecule has 0 radical (unpaired) electrons. The zero-order chi connectivity index (χ0) is 27.6. The summed E-state index contributed by atoms with van der Waals surface area (Å²) < 4.78 is 45.6. The fourth-order valence-corrected chi connectivity index (χ4v) is 6.40. The normalized spacial score (nSPS) is 19.5. The quantitative estimate of drug-likeness (QED) is 0.424. The van der Waals surface area contributed by atoms with Gasteiger partial charge in [0.15, 0.2) is 0 Å². The van der Waals surface area contributed by atoms with Gasteiger partial charge >= 0.3 is 12.1 Å². The van der Waals surface area contributed by atoms with Gasteiger partial charge in [-0.05, 0) is 92.7 Å². The number of aliphatic carboxylic acids is 1. The smallest absolute Gasteiger partial charge is 0.416 e. The van der Waals surface area contributed by atoms with Crippen LogP contribution < -0.4 is 4.74 Å². The van der Waals surface area contributed by atoms with Crippen LogP contribution >= 0.6 is 11.6 Å². The van der Waals surface area contributed by atoms with Crippen molar-refractivity contribution in [2.45, 2.75) is 63.1 Å². The second-order valence-electron chi connectivity index (χ2n) is 10.8. The minimum absolute atomic E-state index is 0.0329. The fourth-order valence-electron chi connectivity index (χ4n) is 6.16. The molecular weight excluding hydrogens is 531 g/mol. The average Bonchev–Trinajstić information content (AvgIpc) is 3.32. The molecule has 3 heterocycles. The number of rotatable bonds is 7. The third-order valence-corrected chi connectivity index (χ3v) is 8.43. The number of hydrogen-bond acceptors (Lipinski definition) is 5. The van der Waals surface area contributed by atoms with E-state index >= 15 is 0 Å². The highest BCUT2D eigenvalue weighted by Gasteiger charge is 2.41. The van der Waals surface area contributed by atoms with E-state index in [4.69, 9.17) is 21.4 Å². The Bertz CT molecular complexity index is 1240. The molecule has 2 aromatic carbocycles. The van der Waals surface area contributed by atoms with Crippen molar-refractivity contribution in [1.82, 2.24) is 9.80 Å². The summed E-state index contributed by atoms with van der Waals surface area (Å²) in [5.41, 5.74) is 1.20. The third-order valence-electron chi connectivity index (χ3n) is 8.21. The Hall–Kier alpha value is -2.78. The van der Waals surface area contributed by atoms with Crippen molar-refractivity contribution >= 4 is 29.1 Å². The molecule has 2 aromatic rings. The highest BCUT2D eigenvalue weighted by molar-refractivity contribution is 6.30. The number of nitrogens with zero attached hydrogens (tertiary/aromatic N) is 3. The van der Waals surface area contributed by atoms with Crippen LogP contribution in [0.1, 0.15) is 55.2 Å². The molecule has 3 aliphatic heterocycles. The Balaban J connectivity index is 1.24. The Labute approximate surface area is 231 Å². The summed E-state index contributed by atoms with van der Waals surface area (Å²) in [6.45, 7) is 4.15. The number of alkyl halides is 3. The number of fused-ring (bicyclic) bond motifs is 1. The molecule has 2 fully saturated rings. The van der Waals surface area contributed by atoms with Gasteiger partial charge in [-0.3, -0.25) is 9.69 Å². The molecule has 0 aromatic heterocycles. The molecule has 0 amide bonds. The van der Waals surface area contributed by atoms with E-state index in [0.717, 1.165) is 57.3 Å². The van der Waals surface area contributed by atoms with E-state index in [1.165, 1.54) is 31.4 Å². The Kier molecular flexibility index (Phi) is 8.10. The van der Waals surface area contributed by atoms with Crippen LogP contribution in [0.5, 0.6) is 5.75 Å². The molecule has 0 spiro atoms. The Morgan fingerprint density at radius 2 is 1.79 bits per heavy atom. The molecule has 0 saturated carbocycles. The van der Waals surface area contributed by atoms with Crippen molar-refractivity contribution in [3.8, 4) is 5.75 Å². The number of likely N-dealkylation sites (tertiary alicyclic amines) is 2. The number of carboxylic acid groups (broad SMARTS) is 1. The van der Waals surface area contributed by atoms with Crippen molar-refractivity contribution in [2.24, 2.45) is 4.99 Å². The lowest BCUT2D eigenvalue weighted by Gasteiger charge is -2.50. The molecule has 6 nitrogen and oxygen atoms in total. The van der Waals surface area contributed by atoms with E-state index in [-0.39, 0.29) is 12.0 Å². The summed E-state index contributed by atoms with van der Waals surface area (Å²) in [7, 11) is 0. The van der Waals surface area contributed by atoms with E-state index < -0.39 is 17.7 Å². The van der Waals surface area contributed by atoms with Gasteiger partial charge in [-0.15, -0.1) is 0 Å². The molecule has 39 heavy (non-hydrogen) atoms. The summed E-state index contributed by atoms with van der Waals surface area (Å²) in [6, 6.07) is 8.89. The maximum atomic E-state index is 13.2. The molecule has 2 saturated heterocycles. The lowest BCUT2D eigenvalue weighted by Crippen LogP contribution is -2.58. The van der Waals surface area contributed by atoms with Crippen LogP contribution in [0.4, 0.5) is 18.9 Å². The van der Waals surface area contributed by atoms with E-state index in [0.29, 0.717) is 40.6 Å². The first kappa shape index (κ1) is 27.8. The van der Waals surface area contributed by atoms with Gasteiger partial charge in [0.1, 0.15) is 11.6 Å². The van der Waals surface area contributed by atoms with Gasteiger partial charge in [0.2, 0.25) is 0 Å². The highest BCUT2D eigenvalue weighted by Crippen LogP contribution is 2.38. The van der Waals surface area contributed by atoms with Crippen molar-refractivity contribution in [2.75, 3.05) is 32.8 Å². The van der Waals surface area contributed by atoms with Crippen LogP contribution in [0, 0.1) is 0 Å². The second-order valence-corrected chi connectivity index (χ2v) is 11.2. The number of halogens is 4. The van der Waals surface area contributed by atoms with Gasteiger partial charge in [0, 0.05) is 30.1 Å². The molecule has 1 N–H and O–H groups in total. The predicted molar refractivity (Wildman–Crippen MR) is 144 cm³/mol. The summed E-state index contributed by atoms with van der Waals surface area (Å²) in [5.74, 6) is 0.494. The predicted octanol–water partition coefficient (Wildman–Crippen LogP) is 6.36. The summed E-state index contributed by atoms with van der Waals surface area (Å²) in [4.78, 5) is 20.6. The van der Waals surface area contributed by atoms with E-state index in [1.54, 1.807) is 18.2 Å². The maximum absolute atomic E-state index is 13.2. The summed E-state index contributed by atoms with van der Waals surface area (Å²) in [5, 5.41) is 9.57.